The third-order valence-corrected chi connectivity index (χ3v) is 8.54. The number of ether oxygens (including phenoxy) is 2. The Labute approximate surface area is 289 Å². The van der Waals surface area contributed by atoms with Crippen LogP contribution in [-0.2, 0) is 0 Å². The Bertz CT molecular complexity index is 2070. The summed E-state index contributed by atoms with van der Waals surface area (Å²) >= 11 is 0. The van der Waals surface area contributed by atoms with E-state index in [9.17, 15) is 4.79 Å². The van der Waals surface area contributed by atoms with Gasteiger partial charge < -0.3 is 19.7 Å². The van der Waals surface area contributed by atoms with Crippen LogP contribution in [0, 0.1) is 0 Å². The molecule has 0 radical (unpaired) electrons. The molecule has 0 saturated heterocycles. The van der Waals surface area contributed by atoms with Crippen LogP contribution < -0.4 is 19.7 Å². The van der Waals surface area contributed by atoms with E-state index in [0.717, 1.165) is 44.9 Å². The van der Waals surface area contributed by atoms with Gasteiger partial charge in [-0.2, -0.15) is 0 Å². The molecule has 0 saturated carbocycles. The number of carbonyl (C=O) groups excluding carboxylic acids is 1. The van der Waals surface area contributed by atoms with Crippen LogP contribution in [0.2, 0.25) is 0 Å². The van der Waals surface area contributed by atoms with Crippen molar-refractivity contribution in [3.8, 4) is 39.6 Å². The van der Waals surface area contributed by atoms with Gasteiger partial charge in [0.15, 0.2) is 18.3 Å². The molecule has 0 bridgehead atoms. The first-order valence-corrected chi connectivity index (χ1v) is 17.1. The molecule has 248 valence electrons. The summed E-state index contributed by atoms with van der Waals surface area (Å²) < 4.78 is 12.5. The fourth-order valence-corrected chi connectivity index (χ4v) is 6.58. The lowest BCUT2D eigenvalue weighted by atomic mass is 9.83. The zero-order chi connectivity index (χ0) is 34.5. The Balaban J connectivity index is 0.00000205. The molecule has 0 amide bonds. The molecule has 1 aliphatic carbocycles. The molecule has 5 aromatic carbocycles. The summed E-state index contributed by atoms with van der Waals surface area (Å²) in [5.41, 5.74) is 7.48. The number of anilines is 2. The van der Waals surface area contributed by atoms with Gasteiger partial charge in [0, 0.05) is 45.5 Å². The largest absolute Gasteiger partial charge is 0.473 e. The monoisotopic (exact) mass is 649 g/mol. The number of hydrogen-bond donors (Lipinski definition) is 1. The number of carbonyl (C=O) groups is 1. The molecule has 6 nitrogen and oxygen atoms in total. The highest BCUT2D eigenvalue weighted by Crippen LogP contribution is 2.45. The molecule has 1 heterocycles. The molecule has 1 aliphatic rings. The molecule has 0 spiro atoms. The Morgan fingerprint density at radius 2 is 1.27 bits per heavy atom. The van der Waals surface area contributed by atoms with Crippen LogP contribution in [0.25, 0.3) is 33.3 Å². The predicted molar refractivity (Wildman–Crippen MR) is 202 cm³/mol. The molecular weight excluding hydrogens is 606 g/mol. The summed E-state index contributed by atoms with van der Waals surface area (Å²) in [6.07, 6.45) is 0. The molecular formula is C43H43N3O3. The first kappa shape index (κ1) is 33.3. The van der Waals surface area contributed by atoms with Crippen LogP contribution in [0.5, 0.6) is 17.2 Å². The number of para-hydroxylation sites is 2. The van der Waals surface area contributed by atoms with Crippen molar-refractivity contribution in [3.05, 3.63) is 132 Å². The van der Waals surface area contributed by atoms with E-state index in [4.69, 9.17) is 14.5 Å². The van der Waals surface area contributed by atoms with E-state index in [2.05, 4.69) is 62.2 Å². The molecule has 6 heteroatoms. The molecule has 0 aliphatic heterocycles. The van der Waals surface area contributed by atoms with Crippen molar-refractivity contribution in [2.45, 2.75) is 53.6 Å². The second kappa shape index (κ2) is 14.7. The quantitative estimate of drug-likeness (QED) is 0.149. The minimum Gasteiger partial charge on any atom is -0.473 e. The van der Waals surface area contributed by atoms with Gasteiger partial charge in [-0.1, -0.05) is 74.5 Å². The Kier molecular flexibility index (Phi) is 9.95. The van der Waals surface area contributed by atoms with Crippen LogP contribution >= 0.6 is 0 Å². The lowest BCUT2D eigenvalue weighted by Gasteiger charge is -2.33. The van der Waals surface area contributed by atoms with E-state index in [1.54, 1.807) is 0 Å². The second-order valence-electron chi connectivity index (χ2n) is 12.3. The SMILES string of the molecule is CC.CC(C)N(c1ccc(-c2cc3c4c(ccc(Oc5ccccc5)c4n2)C(=O)c2ccccc2-3)c(NCOc2ccccc2)c1)C(C)C. The summed E-state index contributed by atoms with van der Waals surface area (Å²) in [4.78, 5) is 21.4. The van der Waals surface area contributed by atoms with Gasteiger partial charge in [-0.3, -0.25) is 4.79 Å². The Hall–Kier alpha value is -5.62. The summed E-state index contributed by atoms with van der Waals surface area (Å²) in [5, 5.41) is 4.35. The number of benzene rings is 5. The number of pyridine rings is 1. The van der Waals surface area contributed by atoms with E-state index >= 15 is 0 Å². The van der Waals surface area contributed by atoms with E-state index in [1.807, 2.05) is 111 Å². The number of hydrogen-bond acceptors (Lipinski definition) is 6. The van der Waals surface area contributed by atoms with Gasteiger partial charge in [-0.15, -0.1) is 0 Å². The fraction of sp³-hybridized carbons (Fsp3) is 0.209. The van der Waals surface area contributed by atoms with Gasteiger partial charge in [-0.05, 0) is 99.5 Å². The minimum absolute atomic E-state index is 0.00820. The fourth-order valence-electron chi connectivity index (χ4n) is 6.58. The van der Waals surface area contributed by atoms with Gasteiger partial charge in [-0.25, -0.2) is 4.98 Å². The second-order valence-corrected chi connectivity index (χ2v) is 12.3. The van der Waals surface area contributed by atoms with Crippen molar-refractivity contribution in [1.82, 2.24) is 4.98 Å². The standard InChI is InChI=1S/C41H37N3O3.C2H6/c1-26(2)44(27(3)4)28-19-20-33(36(23-28)42-25-46-29-13-7-5-8-14-29)37-24-35-31-17-11-12-18-32(31)41(45)34-21-22-38(40(43-37)39(34)35)47-30-15-9-6-10-16-30;1-2/h5-24,26-27,42H,25H2,1-4H3;1-2H3. The lowest BCUT2D eigenvalue weighted by Crippen LogP contribution is -2.37. The van der Waals surface area contributed by atoms with E-state index < -0.39 is 0 Å². The molecule has 1 aromatic heterocycles. The molecule has 0 fully saturated rings. The van der Waals surface area contributed by atoms with Crippen molar-refractivity contribution >= 4 is 28.1 Å². The number of rotatable bonds is 10. The van der Waals surface area contributed by atoms with Gasteiger partial charge >= 0.3 is 0 Å². The first-order chi connectivity index (χ1) is 23.9. The van der Waals surface area contributed by atoms with Gasteiger partial charge in [0.25, 0.3) is 0 Å². The van der Waals surface area contributed by atoms with Crippen LogP contribution in [0.1, 0.15) is 57.5 Å². The van der Waals surface area contributed by atoms with Crippen molar-refractivity contribution in [2.24, 2.45) is 0 Å². The molecule has 0 unspecified atom stereocenters. The van der Waals surface area contributed by atoms with Crippen molar-refractivity contribution in [1.29, 1.82) is 0 Å². The molecule has 7 rings (SSSR count). The van der Waals surface area contributed by atoms with Crippen LogP contribution in [0.3, 0.4) is 0 Å². The maximum Gasteiger partial charge on any atom is 0.194 e. The van der Waals surface area contributed by atoms with Gasteiger partial charge in [0.05, 0.1) is 5.69 Å². The summed E-state index contributed by atoms with van der Waals surface area (Å²) in [6.45, 7) is 13.1. The zero-order valence-electron chi connectivity index (χ0n) is 29.0. The number of nitrogens with zero attached hydrogens (tertiary/aromatic N) is 2. The Morgan fingerprint density at radius 3 is 1.94 bits per heavy atom. The lowest BCUT2D eigenvalue weighted by molar-refractivity contribution is 0.104. The van der Waals surface area contributed by atoms with Crippen molar-refractivity contribution in [3.63, 3.8) is 0 Å². The number of fused-ring (bicyclic) bond motifs is 2. The maximum absolute atomic E-state index is 13.7. The smallest absolute Gasteiger partial charge is 0.194 e. The minimum atomic E-state index is -0.00820. The number of nitrogens with one attached hydrogen (secondary N) is 1. The van der Waals surface area contributed by atoms with E-state index in [-0.39, 0.29) is 12.5 Å². The van der Waals surface area contributed by atoms with Gasteiger partial charge in [0.2, 0.25) is 0 Å². The number of aromatic nitrogens is 1. The highest BCUT2D eigenvalue weighted by molar-refractivity contribution is 6.26. The van der Waals surface area contributed by atoms with Crippen LogP contribution in [-0.4, -0.2) is 29.6 Å². The van der Waals surface area contributed by atoms with E-state index in [0.29, 0.717) is 40.2 Å². The van der Waals surface area contributed by atoms with Crippen LogP contribution in [0.4, 0.5) is 11.4 Å². The van der Waals surface area contributed by atoms with E-state index in [1.165, 1.54) is 0 Å². The predicted octanol–water partition coefficient (Wildman–Crippen LogP) is 11.0. The number of ketones is 1. The average molecular weight is 650 g/mol. The topological polar surface area (TPSA) is 63.7 Å². The van der Waals surface area contributed by atoms with Crippen molar-refractivity contribution in [2.75, 3.05) is 16.9 Å². The van der Waals surface area contributed by atoms with Gasteiger partial charge in [0.1, 0.15) is 17.0 Å². The third kappa shape index (κ3) is 6.72. The molecule has 0 atom stereocenters. The van der Waals surface area contributed by atoms with Crippen molar-refractivity contribution < 1.29 is 14.3 Å². The Morgan fingerprint density at radius 1 is 0.653 bits per heavy atom. The summed E-state index contributed by atoms with van der Waals surface area (Å²) in [6, 6.07) is 40.1. The molecule has 1 N–H and O–H groups in total. The third-order valence-electron chi connectivity index (χ3n) is 8.54. The normalized spacial score (nSPS) is 11.6. The maximum atomic E-state index is 13.7. The highest BCUT2D eigenvalue weighted by Gasteiger charge is 2.28. The molecule has 6 aromatic rings. The van der Waals surface area contributed by atoms with Crippen LogP contribution in [0.15, 0.2) is 121 Å². The highest BCUT2D eigenvalue weighted by atomic mass is 16.5. The summed E-state index contributed by atoms with van der Waals surface area (Å²) in [5.74, 6) is 2.07. The summed E-state index contributed by atoms with van der Waals surface area (Å²) in [7, 11) is 0. The zero-order valence-corrected chi connectivity index (χ0v) is 29.0. The average Bonchev–Trinajstić information content (AvgIpc) is 3.12. The first-order valence-electron chi connectivity index (χ1n) is 17.1. The molecule has 49 heavy (non-hydrogen) atoms.